The van der Waals surface area contributed by atoms with Crippen LogP contribution < -0.4 is 0 Å². The molecule has 0 bridgehead atoms. The highest BCUT2D eigenvalue weighted by Crippen LogP contribution is 2.46. The summed E-state index contributed by atoms with van der Waals surface area (Å²) >= 11 is 0. The normalized spacial score (nSPS) is 13.8. The van der Waals surface area contributed by atoms with E-state index in [0.29, 0.717) is 33.0 Å². The summed E-state index contributed by atoms with van der Waals surface area (Å²) in [5.41, 5.74) is 1.27. The minimum absolute atomic E-state index is 0.250. The minimum Gasteiger partial charge on any atom is -0.464 e. The van der Waals surface area contributed by atoms with E-state index >= 15 is 0 Å². The zero-order valence-electron chi connectivity index (χ0n) is 36.7. The maximum Gasteiger partial charge on any atom is 0.326 e. The van der Waals surface area contributed by atoms with Crippen molar-refractivity contribution in [3.8, 4) is 0 Å². The van der Waals surface area contributed by atoms with E-state index in [1.54, 1.807) is 24.3 Å². The van der Waals surface area contributed by atoms with Gasteiger partial charge in [-0.3, -0.25) is 38.6 Å². The molecule has 2 aliphatic heterocycles. The Balaban J connectivity index is 1.00. The van der Waals surface area contributed by atoms with E-state index < -0.39 is 48.7 Å². The van der Waals surface area contributed by atoms with Crippen LogP contribution in [0.5, 0.6) is 0 Å². The van der Waals surface area contributed by atoms with Gasteiger partial charge in [-0.1, -0.05) is 154 Å². The van der Waals surface area contributed by atoms with Crippen LogP contribution in [-0.2, 0) is 19.1 Å². The van der Waals surface area contributed by atoms with Crippen molar-refractivity contribution >= 4 is 78.7 Å². The lowest BCUT2D eigenvalue weighted by molar-refractivity contribution is -0.144. The quantitative estimate of drug-likeness (QED) is 0.0177. The van der Waals surface area contributed by atoms with Gasteiger partial charge in [-0.15, -0.1) is 0 Å². The molecule has 5 aromatic rings. The first-order valence-electron chi connectivity index (χ1n) is 23.5. The summed E-state index contributed by atoms with van der Waals surface area (Å²) in [4.78, 5) is 83.5. The van der Waals surface area contributed by atoms with Gasteiger partial charge in [0.1, 0.15) is 13.1 Å². The fourth-order valence-electron chi connectivity index (χ4n) is 9.56. The van der Waals surface area contributed by atoms with Gasteiger partial charge in [0.25, 0.3) is 23.6 Å². The Morgan fingerprint density at radius 1 is 0.371 bits per heavy atom. The fourth-order valence-corrected chi connectivity index (χ4v) is 9.56. The smallest absolute Gasteiger partial charge is 0.326 e. The van der Waals surface area contributed by atoms with E-state index in [-0.39, 0.29) is 13.2 Å². The molecule has 0 spiro atoms. The number of ether oxygens (including phenoxy) is 2. The Labute approximate surface area is 365 Å². The van der Waals surface area contributed by atoms with Crippen molar-refractivity contribution in [2.75, 3.05) is 26.3 Å². The third-order valence-electron chi connectivity index (χ3n) is 12.9. The molecule has 2 aliphatic rings. The van der Waals surface area contributed by atoms with Crippen LogP contribution in [0, 0.1) is 0 Å². The summed E-state index contributed by atoms with van der Waals surface area (Å²) in [5, 5.41) is 5.53. The van der Waals surface area contributed by atoms with Gasteiger partial charge in [0.05, 0.1) is 13.2 Å². The highest BCUT2D eigenvalue weighted by Gasteiger charge is 2.38. The van der Waals surface area contributed by atoms with Crippen molar-refractivity contribution in [2.24, 2.45) is 0 Å². The molecule has 0 atom stereocenters. The lowest BCUT2D eigenvalue weighted by Gasteiger charge is -2.29. The van der Waals surface area contributed by atoms with Crippen LogP contribution in [0.3, 0.4) is 0 Å². The molecule has 62 heavy (non-hydrogen) atoms. The van der Waals surface area contributed by atoms with E-state index in [1.165, 1.54) is 89.9 Å². The third-order valence-corrected chi connectivity index (χ3v) is 12.9. The largest absolute Gasteiger partial charge is 0.464 e. The van der Waals surface area contributed by atoms with E-state index in [0.717, 1.165) is 80.6 Å². The molecule has 7 rings (SSSR count). The Bertz CT molecular complexity index is 2160. The monoisotopic (exact) mass is 842 g/mol. The molecule has 2 heterocycles. The SMILES string of the molecule is CCCCCCCCCCCCOC(=O)CN1C(=O)c2ccc3c4ccc5c6c(ccc(c7ccc(c2c37)C1=O)c64)C(=O)N(CC(=O)OCCCCCCCCCCCC)C5=O. The Morgan fingerprint density at radius 2 is 0.629 bits per heavy atom. The molecule has 0 saturated heterocycles. The number of imide groups is 2. The van der Waals surface area contributed by atoms with E-state index in [1.807, 2.05) is 24.3 Å². The van der Waals surface area contributed by atoms with Crippen LogP contribution >= 0.6 is 0 Å². The Hall–Kier alpha value is -5.38. The van der Waals surface area contributed by atoms with Crippen molar-refractivity contribution in [3.05, 3.63) is 70.8 Å². The molecule has 10 nitrogen and oxygen atoms in total. The maximum atomic E-state index is 13.9. The summed E-state index contributed by atoms with van der Waals surface area (Å²) in [6, 6.07) is 14.0. The lowest BCUT2D eigenvalue weighted by atomic mass is 9.82. The molecular weight excluding hydrogens is 781 g/mol. The molecule has 0 aromatic heterocycles. The average molecular weight is 843 g/mol. The molecule has 0 saturated carbocycles. The molecular formula is C52H62N2O8. The Morgan fingerprint density at radius 3 is 0.903 bits per heavy atom. The summed E-state index contributed by atoms with van der Waals surface area (Å²) in [7, 11) is 0. The molecule has 0 fully saturated rings. The number of rotatable bonds is 26. The van der Waals surface area contributed by atoms with Crippen LogP contribution in [0.2, 0.25) is 0 Å². The summed E-state index contributed by atoms with van der Waals surface area (Å²) < 4.78 is 10.9. The molecule has 5 aromatic carbocycles. The van der Waals surface area contributed by atoms with Gasteiger partial charge in [-0.05, 0) is 69.4 Å². The van der Waals surface area contributed by atoms with Crippen LogP contribution in [0.1, 0.15) is 184 Å². The standard InChI is InChI=1S/C52H62N2O8/c1-3-5-7-9-11-13-15-17-19-21-31-61-43(55)33-53-49(57)39-27-23-35-37-25-29-41-48-42(30-26-38(46(37)48)36-24-28-40(50(53)58)47(39)45(35)36)52(60)54(51(41)59)34-44(56)62-32-22-20-18-16-14-12-10-8-6-4-2/h23-30H,3-22,31-34H2,1-2H3. The zero-order chi connectivity index (χ0) is 43.6. The second kappa shape index (κ2) is 21.1. The van der Waals surface area contributed by atoms with E-state index in [4.69, 9.17) is 9.47 Å². The number of esters is 2. The number of unbranched alkanes of at least 4 members (excludes halogenated alkanes) is 18. The van der Waals surface area contributed by atoms with Crippen LogP contribution in [0.4, 0.5) is 0 Å². The number of hydrogen-bond donors (Lipinski definition) is 0. The molecule has 0 aliphatic carbocycles. The zero-order valence-corrected chi connectivity index (χ0v) is 36.7. The fraction of sp³-hybridized carbons (Fsp3) is 0.500. The van der Waals surface area contributed by atoms with E-state index in [2.05, 4.69) is 13.8 Å². The average Bonchev–Trinajstić information content (AvgIpc) is 3.28. The number of fused-ring (bicyclic) bond motifs is 2. The van der Waals surface area contributed by atoms with E-state index in [9.17, 15) is 28.8 Å². The first kappa shape index (κ1) is 44.7. The van der Waals surface area contributed by atoms with Crippen molar-refractivity contribution in [3.63, 3.8) is 0 Å². The minimum atomic E-state index is -0.616. The molecule has 328 valence electrons. The molecule has 0 N–H and O–H groups in total. The number of amides is 4. The van der Waals surface area contributed by atoms with Gasteiger partial charge >= 0.3 is 11.9 Å². The van der Waals surface area contributed by atoms with Crippen LogP contribution in [-0.4, -0.2) is 71.7 Å². The maximum absolute atomic E-state index is 13.9. The summed E-state index contributed by atoms with van der Waals surface area (Å²) in [6.45, 7) is 4.01. The molecule has 10 heteroatoms. The van der Waals surface area contributed by atoms with Crippen molar-refractivity contribution in [2.45, 2.75) is 142 Å². The summed E-state index contributed by atoms with van der Waals surface area (Å²) in [5.74, 6) is -3.47. The number of carbonyl (C=O) groups is 6. The first-order valence-corrected chi connectivity index (χ1v) is 23.5. The number of hydrogen-bond acceptors (Lipinski definition) is 8. The third kappa shape index (κ3) is 9.49. The van der Waals surface area contributed by atoms with Crippen LogP contribution in [0.25, 0.3) is 43.1 Å². The lowest BCUT2D eigenvalue weighted by Crippen LogP contribution is -2.44. The molecule has 0 unspecified atom stereocenters. The Kier molecular flexibility index (Phi) is 15.2. The number of carbonyl (C=O) groups excluding carboxylic acids is 6. The predicted octanol–water partition coefficient (Wildman–Crippen LogP) is 11.9. The molecule has 0 radical (unpaired) electrons. The topological polar surface area (TPSA) is 127 Å². The van der Waals surface area contributed by atoms with Crippen molar-refractivity contribution in [1.29, 1.82) is 0 Å². The highest BCUT2D eigenvalue weighted by molar-refractivity contribution is 6.41. The van der Waals surface area contributed by atoms with Gasteiger partial charge < -0.3 is 9.47 Å². The van der Waals surface area contributed by atoms with Crippen LogP contribution in [0.15, 0.2) is 48.5 Å². The summed E-state index contributed by atoms with van der Waals surface area (Å²) in [6.07, 6.45) is 23.2. The number of nitrogens with zero attached hydrogens (tertiary/aromatic N) is 2. The van der Waals surface area contributed by atoms with Gasteiger partial charge in [0.15, 0.2) is 0 Å². The van der Waals surface area contributed by atoms with Gasteiger partial charge in [-0.25, -0.2) is 0 Å². The van der Waals surface area contributed by atoms with Crippen molar-refractivity contribution in [1.82, 2.24) is 9.80 Å². The first-order chi connectivity index (χ1) is 30.3. The number of benzene rings is 5. The van der Waals surface area contributed by atoms with Gasteiger partial charge in [0, 0.05) is 33.0 Å². The van der Waals surface area contributed by atoms with Gasteiger partial charge in [0.2, 0.25) is 0 Å². The van der Waals surface area contributed by atoms with Gasteiger partial charge in [-0.2, -0.15) is 0 Å². The van der Waals surface area contributed by atoms with Crippen molar-refractivity contribution < 1.29 is 38.2 Å². The highest BCUT2D eigenvalue weighted by atomic mass is 16.5. The second-order valence-corrected chi connectivity index (χ2v) is 17.3. The second-order valence-electron chi connectivity index (χ2n) is 17.3. The molecule has 4 amide bonds. The predicted molar refractivity (Wildman–Crippen MR) is 244 cm³/mol.